The van der Waals surface area contributed by atoms with Crippen molar-refractivity contribution >= 4 is 0 Å². The summed E-state index contributed by atoms with van der Waals surface area (Å²) in [6.45, 7) is -0.0717. The van der Waals surface area contributed by atoms with Gasteiger partial charge in [-0.15, -0.1) is 0 Å². The number of ether oxygens (including phenoxy) is 2. The normalized spacial score (nSPS) is 21.1. The number of halogens is 1. The van der Waals surface area contributed by atoms with Crippen LogP contribution in [-0.4, -0.2) is 31.0 Å². The van der Waals surface area contributed by atoms with E-state index in [9.17, 15) is 4.39 Å². The van der Waals surface area contributed by atoms with E-state index in [-0.39, 0.29) is 24.6 Å². The highest BCUT2D eigenvalue weighted by molar-refractivity contribution is 5.35. The Morgan fingerprint density at radius 1 is 1.62 bits per heavy atom. The fourth-order valence-corrected chi connectivity index (χ4v) is 1.98. The van der Waals surface area contributed by atoms with Gasteiger partial charge in [-0.05, 0) is 36.6 Å². The van der Waals surface area contributed by atoms with Crippen molar-refractivity contribution in [1.29, 1.82) is 0 Å². The molecule has 1 N–H and O–H groups in total. The van der Waals surface area contributed by atoms with Crippen molar-refractivity contribution in [3.05, 3.63) is 29.6 Å². The Morgan fingerprint density at radius 3 is 3.12 bits per heavy atom. The molecule has 3 nitrogen and oxygen atoms in total. The highest BCUT2D eigenvalue weighted by atomic mass is 19.1. The molecule has 1 heterocycles. The first-order valence-corrected chi connectivity index (χ1v) is 5.33. The smallest absolute Gasteiger partial charge is 0.127 e. The lowest BCUT2D eigenvalue weighted by Crippen LogP contribution is -2.38. The lowest BCUT2D eigenvalue weighted by molar-refractivity contribution is -0.0368. The van der Waals surface area contributed by atoms with E-state index in [1.165, 1.54) is 12.1 Å². The molecule has 88 valence electrons. The molecular formula is C12H15FO3. The Labute approximate surface area is 93.8 Å². The Bertz CT molecular complexity index is 363. The minimum atomic E-state index is -0.321. The van der Waals surface area contributed by atoms with Crippen LogP contribution in [0, 0.1) is 5.82 Å². The van der Waals surface area contributed by atoms with Crippen molar-refractivity contribution in [3.8, 4) is 5.75 Å². The molecule has 1 aliphatic heterocycles. The largest absolute Gasteiger partial charge is 0.487 e. The monoisotopic (exact) mass is 226 g/mol. The lowest BCUT2D eigenvalue weighted by atomic mass is 9.99. The minimum absolute atomic E-state index is 0.0717. The first-order chi connectivity index (χ1) is 7.74. The van der Waals surface area contributed by atoms with Crippen LogP contribution < -0.4 is 4.74 Å². The SMILES string of the molecule is COC(CO)C1CCc2cc(F)ccc2O1. The zero-order valence-corrected chi connectivity index (χ0v) is 9.15. The van der Waals surface area contributed by atoms with E-state index in [2.05, 4.69) is 0 Å². The average Bonchev–Trinajstić information content (AvgIpc) is 2.31. The maximum atomic E-state index is 13.0. The van der Waals surface area contributed by atoms with E-state index in [1.807, 2.05) is 0 Å². The van der Waals surface area contributed by atoms with Gasteiger partial charge in [-0.25, -0.2) is 4.39 Å². The van der Waals surface area contributed by atoms with Crippen LogP contribution in [0.2, 0.25) is 0 Å². The molecule has 1 aliphatic rings. The minimum Gasteiger partial charge on any atom is -0.487 e. The van der Waals surface area contributed by atoms with Gasteiger partial charge in [0, 0.05) is 7.11 Å². The van der Waals surface area contributed by atoms with Crippen LogP contribution in [-0.2, 0) is 11.2 Å². The third kappa shape index (κ3) is 2.18. The summed E-state index contributed by atoms with van der Waals surface area (Å²) < 4.78 is 23.8. The molecule has 0 aromatic heterocycles. The fraction of sp³-hybridized carbons (Fsp3) is 0.500. The van der Waals surface area contributed by atoms with Crippen LogP contribution >= 0.6 is 0 Å². The van der Waals surface area contributed by atoms with Crippen LogP contribution in [0.4, 0.5) is 4.39 Å². The Balaban J connectivity index is 2.14. The molecule has 1 aromatic rings. The predicted octanol–water partition coefficient (Wildman–Crippen LogP) is 1.53. The summed E-state index contributed by atoms with van der Waals surface area (Å²) in [6.07, 6.45) is 0.999. The van der Waals surface area contributed by atoms with E-state index in [4.69, 9.17) is 14.6 Å². The van der Waals surface area contributed by atoms with Gasteiger partial charge in [0.15, 0.2) is 0 Å². The van der Waals surface area contributed by atoms with Gasteiger partial charge in [0.25, 0.3) is 0 Å². The first-order valence-electron chi connectivity index (χ1n) is 5.33. The number of rotatable bonds is 3. The number of aliphatic hydroxyl groups excluding tert-OH is 1. The van der Waals surface area contributed by atoms with E-state index >= 15 is 0 Å². The van der Waals surface area contributed by atoms with Crippen LogP contribution in [0.1, 0.15) is 12.0 Å². The Morgan fingerprint density at radius 2 is 2.44 bits per heavy atom. The Hall–Kier alpha value is -1.13. The molecule has 2 atom stereocenters. The second kappa shape index (κ2) is 4.80. The third-order valence-electron chi connectivity index (χ3n) is 2.90. The highest BCUT2D eigenvalue weighted by Gasteiger charge is 2.27. The van der Waals surface area contributed by atoms with Gasteiger partial charge < -0.3 is 14.6 Å². The summed E-state index contributed by atoms with van der Waals surface area (Å²) in [5.74, 6) is 0.444. The van der Waals surface area contributed by atoms with Crippen molar-refractivity contribution in [3.63, 3.8) is 0 Å². The van der Waals surface area contributed by atoms with E-state index in [1.54, 1.807) is 13.2 Å². The van der Waals surface area contributed by atoms with Gasteiger partial charge in [-0.2, -0.15) is 0 Å². The maximum Gasteiger partial charge on any atom is 0.127 e. The van der Waals surface area contributed by atoms with E-state index in [0.29, 0.717) is 5.75 Å². The van der Waals surface area contributed by atoms with Crippen molar-refractivity contribution in [2.24, 2.45) is 0 Å². The van der Waals surface area contributed by atoms with Crippen LogP contribution in [0.5, 0.6) is 5.75 Å². The standard InChI is InChI=1S/C12H15FO3/c1-15-12(7-14)11-4-2-8-6-9(13)3-5-10(8)16-11/h3,5-6,11-12,14H,2,4,7H2,1H3. The van der Waals surface area contributed by atoms with Gasteiger partial charge >= 0.3 is 0 Å². The molecule has 0 saturated carbocycles. The quantitative estimate of drug-likeness (QED) is 0.849. The molecule has 2 unspecified atom stereocenters. The van der Waals surface area contributed by atoms with Crippen LogP contribution in [0.15, 0.2) is 18.2 Å². The van der Waals surface area contributed by atoms with Crippen molar-refractivity contribution in [1.82, 2.24) is 0 Å². The number of hydrogen-bond acceptors (Lipinski definition) is 3. The van der Waals surface area contributed by atoms with E-state index < -0.39 is 0 Å². The molecule has 0 saturated heterocycles. The summed E-state index contributed by atoms with van der Waals surface area (Å²) in [6, 6.07) is 4.50. The molecule has 4 heteroatoms. The van der Waals surface area contributed by atoms with Crippen LogP contribution in [0.3, 0.4) is 0 Å². The summed E-state index contributed by atoms with van der Waals surface area (Å²) in [4.78, 5) is 0. The third-order valence-corrected chi connectivity index (χ3v) is 2.90. The molecule has 1 aromatic carbocycles. The van der Waals surface area contributed by atoms with Gasteiger partial charge in [0.1, 0.15) is 23.8 Å². The zero-order chi connectivity index (χ0) is 11.5. The number of aryl methyl sites for hydroxylation is 1. The second-order valence-electron chi connectivity index (χ2n) is 3.90. The molecule has 0 aliphatic carbocycles. The lowest BCUT2D eigenvalue weighted by Gasteiger charge is -2.30. The van der Waals surface area contributed by atoms with Crippen molar-refractivity contribution in [2.45, 2.75) is 25.0 Å². The Kier molecular flexibility index (Phi) is 3.41. The molecule has 16 heavy (non-hydrogen) atoms. The van der Waals surface area contributed by atoms with Crippen molar-refractivity contribution < 1.29 is 19.0 Å². The van der Waals surface area contributed by atoms with Crippen molar-refractivity contribution in [2.75, 3.05) is 13.7 Å². The predicted molar refractivity (Wildman–Crippen MR) is 57.0 cm³/mol. The average molecular weight is 226 g/mol. The highest BCUT2D eigenvalue weighted by Crippen LogP contribution is 2.29. The number of benzene rings is 1. The molecule has 0 fully saturated rings. The molecule has 0 bridgehead atoms. The number of aliphatic hydroxyl groups is 1. The summed E-state index contributed by atoms with van der Waals surface area (Å²) >= 11 is 0. The molecule has 0 amide bonds. The molecule has 0 radical (unpaired) electrons. The molecule has 2 rings (SSSR count). The van der Waals surface area contributed by atoms with Gasteiger partial charge in [0.05, 0.1) is 6.61 Å². The number of fused-ring (bicyclic) bond motifs is 1. The second-order valence-corrected chi connectivity index (χ2v) is 3.90. The summed E-state index contributed by atoms with van der Waals surface area (Å²) in [5, 5.41) is 9.11. The van der Waals surface area contributed by atoms with Gasteiger partial charge in [-0.1, -0.05) is 0 Å². The maximum absolute atomic E-state index is 13.0. The zero-order valence-electron chi connectivity index (χ0n) is 9.15. The molecule has 0 spiro atoms. The summed E-state index contributed by atoms with van der Waals surface area (Å²) in [5.41, 5.74) is 0.879. The topological polar surface area (TPSA) is 38.7 Å². The van der Waals surface area contributed by atoms with E-state index in [0.717, 1.165) is 18.4 Å². The number of hydrogen-bond donors (Lipinski definition) is 1. The first kappa shape index (κ1) is 11.4. The summed E-state index contributed by atoms with van der Waals surface area (Å²) in [7, 11) is 1.55. The van der Waals surface area contributed by atoms with Gasteiger partial charge in [0.2, 0.25) is 0 Å². The fourth-order valence-electron chi connectivity index (χ4n) is 1.98. The number of methoxy groups -OCH3 is 1. The molecular weight excluding hydrogens is 211 g/mol. The van der Waals surface area contributed by atoms with Crippen LogP contribution in [0.25, 0.3) is 0 Å². The van der Waals surface area contributed by atoms with Gasteiger partial charge in [-0.3, -0.25) is 0 Å².